The highest BCUT2D eigenvalue weighted by Gasteiger charge is 2.24. The Labute approximate surface area is 178 Å². The molecule has 0 saturated carbocycles. The second-order valence-corrected chi connectivity index (χ2v) is 9.90. The number of hydrogen-bond donors (Lipinski definition) is 1. The fraction of sp³-hybridized carbons (Fsp3) is 0.292. The van der Waals surface area contributed by atoms with Gasteiger partial charge in [-0.05, 0) is 72.9 Å². The number of aryl methyl sites for hydroxylation is 3. The third-order valence-corrected chi connectivity index (χ3v) is 7.32. The van der Waals surface area contributed by atoms with Gasteiger partial charge in [0.2, 0.25) is 15.9 Å². The van der Waals surface area contributed by atoms with E-state index in [9.17, 15) is 13.2 Å². The SMILES string of the molecule is Cc1cc(C)c([C@@H](C)NC(=O)CN(C)S(=O)(=O)c2ccc3ccccc3c2)cc1C. The first-order valence-corrected chi connectivity index (χ1v) is 11.4. The van der Waals surface area contributed by atoms with E-state index in [1.54, 1.807) is 18.2 Å². The van der Waals surface area contributed by atoms with Gasteiger partial charge in [-0.25, -0.2) is 8.42 Å². The minimum absolute atomic E-state index is 0.176. The van der Waals surface area contributed by atoms with Crippen LogP contribution in [0.5, 0.6) is 0 Å². The summed E-state index contributed by atoms with van der Waals surface area (Å²) in [6, 6.07) is 16.5. The maximum absolute atomic E-state index is 12.9. The van der Waals surface area contributed by atoms with Crippen molar-refractivity contribution in [1.82, 2.24) is 9.62 Å². The highest BCUT2D eigenvalue weighted by molar-refractivity contribution is 7.89. The van der Waals surface area contributed by atoms with Crippen molar-refractivity contribution < 1.29 is 13.2 Å². The van der Waals surface area contributed by atoms with Gasteiger partial charge in [0.05, 0.1) is 17.5 Å². The van der Waals surface area contributed by atoms with Crippen LogP contribution in [0.1, 0.15) is 35.2 Å². The van der Waals surface area contributed by atoms with Crippen molar-refractivity contribution in [3.63, 3.8) is 0 Å². The average Bonchev–Trinajstić information content (AvgIpc) is 2.70. The molecule has 0 unspecified atom stereocenters. The molecule has 1 amide bonds. The lowest BCUT2D eigenvalue weighted by Crippen LogP contribution is -2.39. The normalized spacial score (nSPS) is 12.9. The first kappa shape index (κ1) is 22.0. The van der Waals surface area contributed by atoms with Crippen LogP contribution in [0.3, 0.4) is 0 Å². The number of carbonyl (C=O) groups is 1. The van der Waals surface area contributed by atoms with E-state index in [-0.39, 0.29) is 23.4 Å². The first-order valence-electron chi connectivity index (χ1n) is 9.92. The number of likely N-dealkylation sites (N-methyl/N-ethyl adjacent to an activating group) is 1. The van der Waals surface area contributed by atoms with Crippen molar-refractivity contribution in [2.24, 2.45) is 0 Å². The molecule has 0 fully saturated rings. The van der Waals surface area contributed by atoms with Gasteiger partial charge in [-0.3, -0.25) is 4.79 Å². The summed E-state index contributed by atoms with van der Waals surface area (Å²) >= 11 is 0. The monoisotopic (exact) mass is 424 g/mol. The van der Waals surface area contributed by atoms with E-state index in [1.807, 2.05) is 45.0 Å². The zero-order chi connectivity index (χ0) is 22.1. The van der Waals surface area contributed by atoms with Crippen molar-refractivity contribution >= 4 is 26.7 Å². The third-order valence-electron chi connectivity index (χ3n) is 5.52. The van der Waals surface area contributed by atoms with E-state index in [0.717, 1.165) is 31.8 Å². The van der Waals surface area contributed by atoms with E-state index in [4.69, 9.17) is 0 Å². The molecule has 0 saturated heterocycles. The maximum Gasteiger partial charge on any atom is 0.243 e. The molecular formula is C24H28N2O3S. The van der Waals surface area contributed by atoms with Crippen LogP contribution in [-0.4, -0.2) is 32.2 Å². The van der Waals surface area contributed by atoms with Gasteiger partial charge < -0.3 is 5.32 Å². The lowest BCUT2D eigenvalue weighted by atomic mass is 9.96. The van der Waals surface area contributed by atoms with Crippen LogP contribution < -0.4 is 5.32 Å². The maximum atomic E-state index is 12.9. The van der Waals surface area contributed by atoms with Gasteiger partial charge in [-0.1, -0.05) is 42.5 Å². The molecule has 5 nitrogen and oxygen atoms in total. The molecule has 30 heavy (non-hydrogen) atoms. The van der Waals surface area contributed by atoms with E-state index in [1.165, 1.54) is 12.6 Å². The molecule has 0 aliphatic rings. The van der Waals surface area contributed by atoms with Gasteiger partial charge in [0.25, 0.3) is 0 Å². The largest absolute Gasteiger partial charge is 0.348 e. The standard InChI is InChI=1S/C24H28N2O3S/c1-16-12-18(3)23(13-17(16)2)19(4)25-24(27)15-26(5)30(28,29)22-11-10-20-8-6-7-9-21(20)14-22/h6-14,19H,15H2,1-5H3,(H,25,27)/t19-/m1/s1. The van der Waals surface area contributed by atoms with Crippen LogP contribution >= 0.6 is 0 Å². The summed E-state index contributed by atoms with van der Waals surface area (Å²) in [4.78, 5) is 12.7. The lowest BCUT2D eigenvalue weighted by molar-refractivity contribution is -0.121. The fourth-order valence-corrected chi connectivity index (χ4v) is 4.77. The van der Waals surface area contributed by atoms with Gasteiger partial charge >= 0.3 is 0 Å². The summed E-state index contributed by atoms with van der Waals surface area (Å²) in [5.74, 6) is -0.341. The summed E-state index contributed by atoms with van der Waals surface area (Å²) in [7, 11) is -2.35. The Morgan fingerprint density at radius 2 is 1.57 bits per heavy atom. The zero-order valence-corrected chi connectivity index (χ0v) is 18.9. The van der Waals surface area contributed by atoms with Crippen LogP contribution in [0, 0.1) is 20.8 Å². The Morgan fingerprint density at radius 3 is 2.27 bits per heavy atom. The molecule has 0 aromatic heterocycles. The van der Waals surface area contributed by atoms with Gasteiger partial charge in [0.1, 0.15) is 0 Å². The van der Waals surface area contributed by atoms with Crippen LogP contribution in [0.15, 0.2) is 59.5 Å². The summed E-state index contributed by atoms with van der Waals surface area (Å²) in [5.41, 5.74) is 4.50. The second-order valence-electron chi connectivity index (χ2n) is 7.85. The highest BCUT2D eigenvalue weighted by atomic mass is 32.2. The molecule has 0 bridgehead atoms. The molecule has 0 heterocycles. The minimum Gasteiger partial charge on any atom is -0.348 e. The van der Waals surface area contributed by atoms with Crippen LogP contribution in [-0.2, 0) is 14.8 Å². The highest BCUT2D eigenvalue weighted by Crippen LogP contribution is 2.23. The van der Waals surface area contributed by atoms with E-state index in [2.05, 4.69) is 24.4 Å². The molecule has 0 radical (unpaired) electrons. The molecule has 1 atom stereocenters. The predicted octanol–water partition coefficient (Wildman–Crippen LogP) is 4.26. The van der Waals surface area contributed by atoms with Crippen molar-refractivity contribution in [3.05, 3.63) is 76.9 Å². The molecule has 0 aliphatic carbocycles. The molecule has 0 spiro atoms. The van der Waals surface area contributed by atoms with Crippen molar-refractivity contribution in [1.29, 1.82) is 0 Å². The molecule has 3 rings (SSSR count). The van der Waals surface area contributed by atoms with Gasteiger partial charge in [-0.15, -0.1) is 0 Å². The molecule has 3 aromatic carbocycles. The second kappa shape index (κ2) is 8.58. The first-order chi connectivity index (χ1) is 14.1. The van der Waals surface area contributed by atoms with Crippen molar-refractivity contribution in [2.75, 3.05) is 13.6 Å². The number of hydrogen-bond acceptors (Lipinski definition) is 3. The molecule has 1 N–H and O–H groups in total. The summed E-state index contributed by atoms with van der Waals surface area (Å²) in [5, 5.41) is 4.73. The van der Waals surface area contributed by atoms with Crippen LogP contribution in [0.2, 0.25) is 0 Å². The number of nitrogens with zero attached hydrogens (tertiary/aromatic N) is 1. The number of amides is 1. The molecule has 3 aromatic rings. The Balaban J connectivity index is 1.73. The lowest BCUT2D eigenvalue weighted by Gasteiger charge is -2.21. The quantitative estimate of drug-likeness (QED) is 0.643. The van der Waals surface area contributed by atoms with Gasteiger partial charge in [0.15, 0.2) is 0 Å². The summed E-state index contributed by atoms with van der Waals surface area (Å²) in [6.07, 6.45) is 0. The van der Waals surface area contributed by atoms with E-state index in [0.29, 0.717) is 0 Å². The molecule has 0 aliphatic heterocycles. The predicted molar refractivity (Wildman–Crippen MR) is 121 cm³/mol. The molecular weight excluding hydrogens is 396 g/mol. The Hall–Kier alpha value is -2.70. The fourth-order valence-electron chi connectivity index (χ4n) is 3.61. The van der Waals surface area contributed by atoms with E-state index < -0.39 is 10.0 Å². The van der Waals surface area contributed by atoms with Crippen LogP contribution in [0.4, 0.5) is 0 Å². The zero-order valence-electron chi connectivity index (χ0n) is 18.1. The van der Waals surface area contributed by atoms with Crippen molar-refractivity contribution in [3.8, 4) is 0 Å². The Morgan fingerprint density at radius 1 is 0.933 bits per heavy atom. The van der Waals surface area contributed by atoms with Gasteiger partial charge in [-0.2, -0.15) is 4.31 Å². The smallest absolute Gasteiger partial charge is 0.243 e. The molecule has 158 valence electrons. The number of carbonyl (C=O) groups excluding carboxylic acids is 1. The number of sulfonamides is 1. The summed E-state index contributed by atoms with van der Waals surface area (Å²) < 4.78 is 27.0. The summed E-state index contributed by atoms with van der Waals surface area (Å²) in [6.45, 7) is 7.77. The number of benzene rings is 3. The van der Waals surface area contributed by atoms with Crippen molar-refractivity contribution in [2.45, 2.75) is 38.6 Å². The number of nitrogens with one attached hydrogen (secondary N) is 1. The Bertz CT molecular complexity index is 1200. The van der Waals surface area contributed by atoms with Crippen LogP contribution in [0.25, 0.3) is 10.8 Å². The third kappa shape index (κ3) is 4.55. The minimum atomic E-state index is -3.77. The average molecular weight is 425 g/mol. The Kier molecular flexibility index (Phi) is 6.29. The topological polar surface area (TPSA) is 66.5 Å². The molecule has 6 heteroatoms. The number of fused-ring (bicyclic) bond motifs is 1. The number of rotatable bonds is 6. The van der Waals surface area contributed by atoms with Gasteiger partial charge in [0, 0.05) is 7.05 Å². The van der Waals surface area contributed by atoms with E-state index >= 15 is 0 Å².